The second-order valence-corrected chi connectivity index (χ2v) is 6.44. The van der Waals surface area contributed by atoms with Crippen molar-refractivity contribution in [2.75, 3.05) is 13.3 Å². The van der Waals surface area contributed by atoms with Gasteiger partial charge in [0.1, 0.15) is 0 Å². The van der Waals surface area contributed by atoms with Crippen molar-refractivity contribution in [1.82, 2.24) is 4.90 Å². The van der Waals surface area contributed by atoms with Gasteiger partial charge < -0.3 is 14.4 Å². The Labute approximate surface area is 142 Å². The first-order valence-electron chi connectivity index (χ1n) is 8.47. The number of hydrogen-bond donors (Lipinski definition) is 0. The van der Waals surface area contributed by atoms with Gasteiger partial charge in [0.25, 0.3) is 5.91 Å². The van der Waals surface area contributed by atoms with Crippen LogP contribution in [0.25, 0.3) is 0 Å². The van der Waals surface area contributed by atoms with Crippen molar-refractivity contribution >= 4 is 5.91 Å². The second kappa shape index (κ2) is 5.86. The topological polar surface area (TPSA) is 38.8 Å². The van der Waals surface area contributed by atoms with E-state index in [0.29, 0.717) is 17.1 Å². The summed E-state index contributed by atoms with van der Waals surface area (Å²) in [4.78, 5) is 15.1. The molecule has 2 aromatic carbocycles. The molecule has 4 nitrogen and oxygen atoms in total. The van der Waals surface area contributed by atoms with Crippen LogP contribution in [-0.4, -0.2) is 24.1 Å². The summed E-state index contributed by atoms with van der Waals surface area (Å²) in [6.07, 6.45) is 1.82. The van der Waals surface area contributed by atoms with Crippen LogP contribution in [0.3, 0.4) is 0 Å². The van der Waals surface area contributed by atoms with Crippen molar-refractivity contribution in [3.05, 3.63) is 58.7 Å². The number of rotatable bonds is 2. The normalized spacial score (nSPS) is 18.4. The molecule has 0 aliphatic carbocycles. The lowest BCUT2D eigenvalue weighted by Gasteiger charge is -2.37. The SMILES string of the molecule is CCC1c2ccc(C)cc2CCN1C(=O)c1ccc2c(c1)OCO2. The number of hydrogen-bond acceptors (Lipinski definition) is 3. The van der Waals surface area contributed by atoms with Crippen LogP contribution >= 0.6 is 0 Å². The summed E-state index contributed by atoms with van der Waals surface area (Å²) in [6, 6.07) is 12.1. The maximum absolute atomic E-state index is 13.1. The molecule has 0 N–H and O–H groups in total. The van der Waals surface area contributed by atoms with Gasteiger partial charge in [0, 0.05) is 12.1 Å². The monoisotopic (exact) mass is 323 g/mol. The maximum atomic E-state index is 13.1. The molecule has 1 unspecified atom stereocenters. The fraction of sp³-hybridized carbons (Fsp3) is 0.350. The Hall–Kier alpha value is -2.49. The van der Waals surface area contributed by atoms with E-state index in [2.05, 4.69) is 32.0 Å². The minimum Gasteiger partial charge on any atom is -0.454 e. The van der Waals surface area contributed by atoms with Gasteiger partial charge >= 0.3 is 0 Å². The molecule has 2 heterocycles. The summed E-state index contributed by atoms with van der Waals surface area (Å²) in [5, 5.41) is 0. The van der Waals surface area contributed by atoms with E-state index in [1.165, 1.54) is 16.7 Å². The number of benzene rings is 2. The molecule has 0 fully saturated rings. The smallest absolute Gasteiger partial charge is 0.254 e. The average Bonchev–Trinajstić information content (AvgIpc) is 3.07. The zero-order chi connectivity index (χ0) is 16.7. The Bertz CT molecular complexity index is 799. The molecule has 0 radical (unpaired) electrons. The maximum Gasteiger partial charge on any atom is 0.254 e. The molecule has 4 rings (SSSR count). The van der Waals surface area contributed by atoms with Gasteiger partial charge in [-0.05, 0) is 49.1 Å². The number of carbonyl (C=O) groups excluding carboxylic acids is 1. The first-order chi connectivity index (χ1) is 11.7. The highest BCUT2D eigenvalue weighted by Gasteiger charge is 2.30. The summed E-state index contributed by atoms with van der Waals surface area (Å²) >= 11 is 0. The highest BCUT2D eigenvalue weighted by Crippen LogP contribution is 2.36. The quantitative estimate of drug-likeness (QED) is 0.842. The summed E-state index contributed by atoms with van der Waals surface area (Å²) in [5.74, 6) is 1.42. The number of nitrogens with zero attached hydrogens (tertiary/aromatic N) is 1. The summed E-state index contributed by atoms with van der Waals surface area (Å²) in [5.41, 5.74) is 4.59. The second-order valence-electron chi connectivity index (χ2n) is 6.44. The van der Waals surface area contributed by atoms with Crippen molar-refractivity contribution in [3.8, 4) is 11.5 Å². The van der Waals surface area contributed by atoms with E-state index >= 15 is 0 Å². The third kappa shape index (κ3) is 2.42. The van der Waals surface area contributed by atoms with Crippen LogP contribution in [0.2, 0.25) is 0 Å². The Kier molecular flexibility index (Phi) is 3.68. The third-order valence-corrected chi connectivity index (χ3v) is 4.92. The van der Waals surface area contributed by atoms with Gasteiger partial charge in [0.05, 0.1) is 6.04 Å². The predicted molar refractivity (Wildman–Crippen MR) is 91.5 cm³/mol. The average molecular weight is 323 g/mol. The number of ether oxygens (including phenoxy) is 2. The predicted octanol–water partition coefficient (Wildman–Crippen LogP) is 3.87. The van der Waals surface area contributed by atoms with E-state index < -0.39 is 0 Å². The molecule has 1 atom stereocenters. The minimum absolute atomic E-state index is 0.0615. The molecule has 4 heteroatoms. The zero-order valence-corrected chi connectivity index (χ0v) is 14.0. The van der Waals surface area contributed by atoms with E-state index in [0.717, 1.165) is 19.4 Å². The molecule has 2 aliphatic rings. The number of carbonyl (C=O) groups is 1. The van der Waals surface area contributed by atoms with Crippen molar-refractivity contribution in [2.24, 2.45) is 0 Å². The van der Waals surface area contributed by atoms with Crippen LogP contribution in [-0.2, 0) is 6.42 Å². The van der Waals surface area contributed by atoms with E-state index in [1.807, 2.05) is 17.0 Å². The number of fused-ring (bicyclic) bond motifs is 2. The highest BCUT2D eigenvalue weighted by molar-refractivity contribution is 5.95. The lowest BCUT2D eigenvalue weighted by Crippen LogP contribution is -2.39. The Balaban J connectivity index is 1.66. The van der Waals surface area contributed by atoms with E-state index in [1.54, 1.807) is 6.07 Å². The van der Waals surface area contributed by atoms with Gasteiger partial charge in [-0.2, -0.15) is 0 Å². The van der Waals surface area contributed by atoms with Crippen molar-refractivity contribution < 1.29 is 14.3 Å². The molecule has 0 spiro atoms. The fourth-order valence-electron chi connectivity index (χ4n) is 3.72. The first kappa shape index (κ1) is 15.1. The van der Waals surface area contributed by atoms with Crippen LogP contribution in [0.5, 0.6) is 11.5 Å². The van der Waals surface area contributed by atoms with Crippen LogP contribution in [0, 0.1) is 6.92 Å². The van der Waals surface area contributed by atoms with Gasteiger partial charge in [-0.1, -0.05) is 30.7 Å². The summed E-state index contributed by atoms with van der Waals surface area (Å²) in [6.45, 7) is 5.23. The summed E-state index contributed by atoms with van der Waals surface area (Å²) < 4.78 is 10.7. The zero-order valence-electron chi connectivity index (χ0n) is 14.0. The van der Waals surface area contributed by atoms with Crippen LogP contribution in [0.1, 0.15) is 46.4 Å². The number of aryl methyl sites for hydroxylation is 1. The third-order valence-electron chi connectivity index (χ3n) is 4.92. The van der Waals surface area contributed by atoms with E-state index in [4.69, 9.17) is 9.47 Å². The number of amides is 1. The molecule has 2 aromatic rings. The standard InChI is InChI=1S/C20H21NO3/c1-3-17-16-6-4-13(2)10-14(16)8-9-21(17)20(22)15-5-7-18-19(11-15)24-12-23-18/h4-7,10-11,17H,3,8-9,12H2,1-2H3. The van der Waals surface area contributed by atoms with Gasteiger partial charge in [0.15, 0.2) is 11.5 Å². The van der Waals surface area contributed by atoms with Gasteiger partial charge in [0.2, 0.25) is 6.79 Å². The molecule has 0 saturated carbocycles. The molecule has 124 valence electrons. The van der Waals surface area contributed by atoms with Gasteiger partial charge in [-0.25, -0.2) is 0 Å². The highest BCUT2D eigenvalue weighted by atomic mass is 16.7. The van der Waals surface area contributed by atoms with Gasteiger partial charge in [-0.3, -0.25) is 4.79 Å². The van der Waals surface area contributed by atoms with Crippen LogP contribution < -0.4 is 9.47 Å². The van der Waals surface area contributed by atoms with Crippen molar-refractivity contribution in [1.29, 1.82) is 0 Å². The molecule has 0 saturated heterocycles. The molecular weight excluding hydrogens is 302 g/mol. The lowest BCUT2D eigenvalue weighted by atomic mass is 9.89. The van der Waals surface area contributed by atoms with E-state index in [-0.39, 0.29) is 18.7 Å². The lowest BCUT2D eigenvalue weighted by molar-refractivity contribution is 0.0655. The molecule has 0 aromatic heterocycles. The van der Waals surface area contributed by atoms with E-state index in [9.17, 15) is 4.79 Å². The Morgan fingerprint density at radius 3 is 2.83 bits per heavy atom. The summed E-state index contributed by atoms with van der Waals surface area (Å²) in [7, 11) is 0. The van der Waals surface area contributed by atoms with Gasteiger partial charge in [-0.15, -0.1) is 0 Å². The first-order valence-corrected chi connectivity index (χ1v) is 8.47. The minimum atomic E-state index is 0.0615. The molecule has 2 aliphatic heterocycles. The van der Waals surface area contributed by atoms with Crippen LogP contribution in [0.4, 0.5) is 0 Å². The molecular formula is C20H21NO3. The molecule has 1 amide bonds. The largest absolute Gasteiger partial charge is 0.454 e. The fourth-order valence-corrected chi connectivity index (χ4v) is 3.72. The Morgan fingerprint density at radius 2 is 2.00 bits per heavy atom. The van der Waals surface area contributed by atoms with Crippen molar-refractivity contribution in [2.45, 2.75) is 32.7 Å². The molecule has 24 heavy (non-hydrogen) atoms. The van der Waals surface area contributed by atoms with Crippen LogP contribution in [0.15, 0.2) is 36.4 Å². The van der Waals surface area contributed by atoms with Crippen molar-refractivity contribution in [3.63, 3.8) is 0 Å². The Morgan fingerprint density at radius 1 is 1.17 bits per heavy atom. The molecule has 0 bridgehead atoms.